The molecule has 0 unspecified atom stereocenters. The van der Waals surface area contributed by atoms with Gasteiger partial charge in [-0.25, -0.2) is 9.98 Å². The van der Waals surface area contributed by atoms with E-state index < -0.39 is 6.10 Å². The first-order chi connectivity index (χ1) is 18.8. The zero-order valence-electron chi connectivity index (χ0n) is 21.3. The molecule has 6 rings (SSSR count). The second kappa shape index (κ2) is 9.86. The molecule has 2 fully saturated rings. The van der Waals surface area contributed by atoms with Gasteiger partial charge in [-0.15, -0.1) is 0 Å². The van der Waals surface area contributed by atoms with Gasteiger partial charge in [0.25, 0.3) is 5.56 Å². The normalized spacial score (nSPS) is 21.6. The lowest BCUT2D eigenvalue weighted by Gasteiger charge is -2.33. The molecule has 2 aliphatic carbocycles. The van der Waals surface area contributed by atoms with Crippen LogP contribution in [-0.2, 0) is 18.8 Å². The first-order valence-electron chi connectivity index (χ1n) is 12.6. The van der Waals surface area contributed by atoms with Crippen LogP contribution in [0.2, 0.25) is 5.02 Å². The number of aryl methyl sites for hydroxylation is 2. The number of pyridine rings is 2. The van der Waals surface area contributed by atoms with Gasteiger partial charge >= 0.3 is 0 Å². The Morgan fingerprint density at radius 3 is 2.82 bits per heavy atom. The van der Waals surface area contributed by atoms with Gasteiger partial charge in [-0.2, -0.15) is 4.98 Å². The number of hydrogen-bond donors (Lipinski definition) is 4. The lowest BCUT2D eigenvalue weighted by molar-refractivity contribution is -0.0432. The number of imidazole rings is 1. The number of fused-ring (bicyclic) bond motifs is 1. The molecule has 0 aromatic carbocycles. The number of hydrogen-bond acceptors (Lipinski definition) is 10. The number of nitrogens with zero attached hydrogens (tertiary/aromatic N) is 5. The van der Waals surface area contributed by atoms with Gasteiger partial charge < -0.3 is 39.8 Å². The number of ether oxygens (including phenoxy) is 2. The van der Waals surface area contributed by atoms with Gasteiger partial charge in [-0.3, -0.25) is 4.79 Å². The van der Waals surface area contributed by atoms with Crippen molar-refractivity contribution in [1.82, 2.24) is 24.4 Å². The maximum Gasteiger partial charge on any atom is 0.274 e. The van der Waals surface area contributed by atoms with E-state index in [1.54, 1.807) is 29.4 Å². The number of halogens is 1. The van der Waals surface area contributed by atoms with Gasteiger partial charge in [0.1, 0.15) is 28.0 Å². The van der Waals surface area contributed by atoms with Crippen molar-refractivity contribution in [1.29, 1.82) is 5.41 Å². The molecule has 0 saturated heterocycles. The number of aliphatic hydroxyl groups excluding tert-OH is 1. The number of nitrogens with one attached hydrogen (secondary N) is 3. The van der Waals surface area contributed by atoms with E-state index in [0.29, 0.717) is 47.3 Å². The van der Waals surface area contributed by atoms with E-state index >= 15 is 0 Å². The molecule has 0 radical (unpaired) electrons. The summed E-state index contributed by atoms with van der Waals surface area (Å²) < 4.78 is 15.1. The Bertz CT molecular complexity index is 1630. The summed E-state index contributed by atoms with van der Waals surface area (Å²) in [5.41, 5.74) is 2.53. The van der Waals surface area contributed by atoms with Gasteiger partial charge in [0.05, 0.1) is 18.5 Å². The Hall–Kier alpha value is -4.16. The molecule has 39 heavy (non-hydrogen) atoms. The smallest absolute Gasteiger partial charge is 0.274 e. The molecule has 3 aliphatic rings. The summed E-state index contributed by atoms with van der Waals surface area (Å²) in [6.07, 6.45) is 10.1. The highest BCUT2D eigenvalue weighted by Crippen LogP contribution is 2.40. The number of allylic oxidation sites excluding steroid dienone is 1. The predicted molar refractivity (Wildman–Crippen MR) is 147 cm³/mol. The molecule has 2 atom stereocenters. The fourth-order valence-electron chi connectivity index (χ4n) is 4.51. The number of aromatic nitrogens is 4. The Morgan fingerprint density at radius 1 is 1.31 bits per heavy atom. The average Bonchev–Trinajstić information content (AvgIpc) is 3.73. The molecular formula is C26H27ClN8O4. The zero-order chi connectivity index (χ0) is 27.3. The van der Waals surface area contributed by atoms with Crippen LogP contribution in [0.1, 0.15) is 37.2 Å². The van der Waals surface area contributed by atoms with Crippen molar-refractivity contribution in [3.63, 3.8) is 0 Å². The third kappa shape index (κ3) is 4.66. The summed E-state index contributed by atoms with van der Waals surface area (Å²) in [7, 11) is 3.49. The number of anilines is 2. The monoisotopic (exact) mass is 550 g/mol. The zero-order valence-corrected chi connectivity index (χ0v) is 22.1. The first-order valence-corrected chi connectivity index (χ1v) is 13.0. The summed E-state index contributed by atoms with van der Waals surface area (Å²) in [6.45, 7) is 0. The third-order valence-corrected chi connectivity index (χ3v) is 7.41. The summed E-state index contributed by atoms with van der Waals surface area (Å²) in [6, 6.07) is 1.88. The van der Waals surface area contributed by atoms with Crippen molar-refractivity contribution in [3.05, 3.63) is 63.3 Å². The minimum atomic E-state index is -0.561. The predicted octanol–water partition coefficient (Wildman–Crippen LogP) is 3.19. The van der Waals surface area contributed by atoms with E-state index in [2.05, 4.69) is 25.6 Å². The van der Waals surface area contributed by atoms with Crippen LogP contribution < -0.4 is 20.9 Å². The molecular weight excluding hydrogens is 524 g/mol. The molecule has 12 nitrogen and oxygen atoms in total. The van der Waals surface area contributed by atoms with E-state index in [4.69, 9.17) is 26.5 Å². The average molecular weight is 551 g/mol. The minimum Gasteiger partial charge on any atom is -0.470 e. The number of rotatable bonds is 7. The summed E-state index contributed by atoms with van der Waals surface area (Å²) >= 11 is 6.76. The lowest BCUT2D eigenvalue weighted by Crippen LogP contribution is -2.42. The Labute approximate surface area is 228 Å². The maximum atomic E-state index is 12.8. The van der Waals surface area contributed by atoms with E-state index in [1.165, 1.54) is 12.4 Å². The molecule has 4 heterocycles. The molecule has 2 saturated carbocycles. The highest BCUT2D eigenvalue weighted by Gasteiger charge is 2.33. The quantitative estimate of drug-likeness (QED) is 0.258. The van der Waals surface area contributed by atoms with Crippen LogP contribution in [0, 0.1) is 5.41 Å². The molecule has 4 N–H and O–H groups in total. The minimum absolute atomic E-state index is 0.0934. The molecule has 3 aromatic rings. The van der Waals surface area contributed by atoms with Crippen LogP contribution >= 0.6 is 11.6 Å². The van der Waals surface area contributed by atoms with Crippen LogP contribution in [0.3, 0.4) is 0 Å². The van der Waals surface area contributed by atoms with Crippen LogP contribution in [0.25, 0.3) is 11.2 Å². The standard InChI is InChI=1S/C26H27ClN8O4/c1-34-12-14(13-3-4-13)9-15(25(34)37)32-26-33-23-22(35(26)2)20(27)19(11-31-23)38-18(10-28)21-24(30-8-7-29-21)39-17-6-5-16(17)36/h7-13,16-17,28-29,36H,3-6H2,1-2H3,(H,31,32,33)/b21-18+,28-10?/t16-,17-/m1/s1. The van der Waals surface area contributed by atoms with Crippen molar-refractivity contribution in [2.75, 3.05) is 5.32 Å². The number of aliphatic hydroxyl groups is 1. The van der Waals surface area contributed by atoms with Crippen molar-refractivity contribution in [2.24, 2.45) is 19.1 Å². The molecule has 0 bridgehead atoms. The Kier molecular flexibility index (Phi) is 6.35. The van der Waals surface area contributed by atoms with Crippen molar-refractivity contribution in [3.8, 4) is 5.75 Å². The molecule has 3 aromatic heterocycles. The maximum absolute atomic E-state index is 12.8. The fraction of sp³-hybridized carbons (Fsp3) is 0.346. The van der Waals surface area contributed by atoms with E-state index in [9.17, 15) is 9.90 Å². The fourth-order valence-corrected chi connectivity index (χ4v) is 4.80. The summed E-state index contributed by atoms with van der Waals surface area (Å²) in [5.74, 6) is 1.36. The van der Waals surface area contributed by atoms with Gasteiger partial charge in [0.2, 0.25) is 11.8 Å². The number of aliphatic imine (C=N–C) groups is 1. The van der Waals surface area contributed by atoms with E-state index in [0.717, 1.165) is 24.6 Å². The first kappa shape index (κ1) is 25.1. The van der Waals surface area contributed by atoms with Gasteiger partial charge in [0.15, 0.2) is 17.2 Å². The Morgan fingerprint density at radius 2 is 2.13 bits per heavy atom. The lowest BCUT2D eigenvalue weighted by atomic mass is 9.92. The van der Waals surface area contributed by atoms with Gasteiger partial charge in [-0.05, 0) is 43.2 Å². The second-order valence-electron chi connectivity index (χ2n) is 9.79. The van der Waals surface area contributed by atoms with Crippen molar-refractivity contribution in [2.45, 2.75) is 43.8 Å². The van der Waals surface area contributed by atoms with Gasteiger partial charge in [-0.1, -0.05) is 11.6 Å². The summed E-state index contributed by atoms with van der Waals surface area (Å²) in [5, 5.41) is 24.2. The second-order valence-corrected chi connectivity index (χ2v) is 10.2. The molecule has 1 aliphatic heterocycles. The largest absolute Gasteiger partial charge is 0.470 e. The van der Waals surface area contributed by atoms with Crippen LogP contribution in [0.4, 0.5) is 11.6 Å². The van der Waals surface area contributed by atoms with Crippen molar-refractivity contribution < 1.29 is 14.6 Å². The van der Waals surface area contributed by atoms with Crippen LogP contribution in [0.5, 0.6) is 5.75 Å². The summed E-state index contributed by atoms with van der Waals surface area (Å²) in [4.78, 5) is 26.0. The van der Waals surface area contributed by atoms with Gasteiger partial charge in [0, 0.05) is 32.7 Å². The molecule has 0 spiro atoms. The van der Waals surface area contributed by atoms with Crippen LogP contribution in [0.15, 0.2) is 52.1 Å². The van der Waals surface area contributed by atoms with Crippen LogP contribution in [-0.4, -0.2) is 48.5 Å². The van der Waals surface area contributed by atoms with Crippen molar-refractivity contribution >= 4 is 46.5 Å². The molecule has 0 amide bonds. The third-order valence-electron chi connectivity index (χ3n) is 7.05. The Balaban J connectivity index is 1.31. The topological polar surface area (TPSA) is 152 Å². The SMILES string of the molecule is Cn1cc(C2CC2)cc(Nc2nc3ncc(O/C(C=N)=C4/NC=CN=C4O[C@@H]4CC[C@H]4O)c(Cl)c3n2C)c1=O. The molecule has 202 valence electrons. The van der Waals surface area contributed by atoms with E-state index in [-0.39, 0.29) is 34.1 Å². The van der Waals surface area contributed by atoms with E-state index in [1.807, 2.05) is 12.3 Å². The highest BCUT2D eigenvalue weighted by atomic mass is 35.5. The molecule has 13 heteroatoms. The highest BCUT2D eigenvalue weighted by molar-refractivity contribution is 6.36.